The van der Waals surface area contributed by atoms with Crippen molar-refractivity contribution >= 4 is 5.91 Å². The van der Waals surface area contributed by atoms with Crippen LogP contribution in [0.5, 0.6) is 0 Å². The molecule has 0 saturated heterocycles. The molecule has 1 aromatic carbocycles. The van der Waals surface area contributed by atoms with Gasteiger partial charge in [-0.15, -0.1) is 0 Å². The summed E-state index contributed by atoms with van der Waals surface area (Å²) in [5.41, 5.74) is 4.86. The summed E-state index contributed by atoms with van der Waals surface area (Å²) in [6, 6.07) is 11.5. The first-order chi connectivity index (χ1) is 12.2. The van der Waals surface area contributed by atoms with Gasteiger partial charge in [-0.2, -0.15) is 5.10 Å². The Bertz CT molecular complexity index is 840. The van der Waals surface area contributed by atoms with Crippen molar-refractivity contribution < 1.29 is 4.79 Å². The van der Waals surface area contributed by atoms with Gasteiger partial charge in [-0.3, -0.25) is 14.5 Å². The zero-order valence-corrected chi connectivity index (χ0v) is 14.4. The second-order valence-corrected chi connectivity index (χ2v) is 5.80. The first-order valence-electron chi connectivity index (χ1n) is 8.12. The van der Waals surface area contributed by atoms with Gasteiger partial charge in [0.2, 0.25) is 0 Å². The zero-order chi connectivity index (χ0) is 17.6. The first kappa shape index (κ1) is 16.9. The molecule has 2 aromatic heterocycles. The zero-order valence-electron chi connectivity index (χ0n) is 14.4. The number of carbonyl (C=O) groups is 1. The van der Waals surface area contributed by atoms with Crippen LogP contribution in [-0.2, 0) is 20.1 Å². The van der Waals surface area contributed by atoms with Crippen LogP contribution in [0.1, 0.15) is 21.5 Å². The molecule has 3 aromatic rings. The maximum Gasteiger partial charge on any atom is 0.251 e. The van der Waals surface area contributed by atoms with Crippen LogP contribution >= 0.6 is 0 Å². The molecule has 0 aliphatic heterocycles. The Balaban J connectivity index is 1.64. The lowest BCUT2D eigenvalue weighted by atomic mass is 10.1. The number of benzene rings is 1. The van der Waals surface area contributed by atoms with Gasteiger partial charge in [-0.1, -0.05) is 12.1 Å². The van der Waals surface area contributed by atoms with Gasteiger partial charge < -0.3 is 10.6 Å². The Kier molecular flexibility index (Phi) is 5.20. The molecule has 0 radical (unpaired) electrons. The minimum Gasteiger partial charge on any atom is -0.355 e. The van der Waals surface area contributed by atoms with Crippen molar-refractivity contribution in [1.82, 2.24) is 25.4 Å². The summed E-state index contributed by atoms with van der Waals surface area (Å²) in [6.45, 7) is 1.42. The number of nitrogens with zero attached hydrogens (tertiary/aromatic N) is 3. The van der Waals surface area contributed by atoms with Crippen LogP contribution in [0.15, 0.2) is 55.0 Å². The van der Waals surface area contributed by atoms with Gasteiger partial charge >= 0.3 is 0 Å². The van der Waals surface area contributed by atoms with E-state index in [0.29, 0.717) is 12.1 Å². The molecule has 6 heteroatoms. The van der Waals surface area contributed by atoms with E-state index < -0.39 is 0 Å². The molecule has 0 unspecified atom stereocenters. The first-order valence-corrected chi connectivity index (χ1v) is 8.12. The largest absolute Gasteiger partial charge is 0.355 e. The van der Waals surface area contributed by atoms with Crippen LogP contribution in [0, 0.1) is 0 Å². The summed E-state index contributed by atoms with van der Waals surface area (Å²) in [6.07, 6.45) is 5.60. The minimum absolute atomic E-state index is 0.0732. The minimum atomic E-state index is -0.0732. The molecule has 128 valence electrons. The fraction of sp³-hybridized carbons (Fsp3) is 0.211. The van der Waals surface area contributed by atoms with Gasteiger partial charge in [0.25, 0.3) is 5.91 Å². The smallest absolute Gasteiger partial charge is 0.251 e. The predicted molar refractivity (Wildman–Crippen MR) is 96.8 cm³/mol. The Labute approximate surface area is 146 Å². The van der Waals surface area contributed by atoms with Crippen LogP contribution in [-0.4, -0.2) is 27.7 Å². The van der Waals surface area contributed by atoms with E-state index in [4.69, 9.17) is 0 Å². The number of hydrogen-bond acceptors (Lipinski definition) is 4. The fourth-order valence-corrected chi connectivity index (χ4v) is 2.67. The lowest BCUT2D eigenvalue weighted by Crippen LogP contribution is -2.18. The van der Waals surface area contributed by atoms with Crippen LogP contribution in [0.3, 0.4) is 0 Å². The van der Waals surface area contributed by atoms with E-state index in [1.54, 1.807) is 13.2 Å². The average molecular weight is 335 g/mol. The number of amides is 1. The Hall–Kier alpha value is -2.99. The quantitative estimate of drug-likeness (QED) is 0.724. The van der Waals surface area contributed by atoms with E-state index in [2.05, 4.69) is 20.7 Å². The Morgan fingerprint density at radius 3 is 2.64 bits per heavy atom. The molecule has 6 nitrogen and oxygen atoms in total. The van der Waals surface area contributed by atoms with Crippen molar-refractivity contribution in [3.63, 3.8) is 0 Å². The van der Waals surface area contributed by atoms with Crippen molar-refractivity contribution in [3.8, 4) is 11.3 Å². The molecule has 0 saturated carbocycles. The van der Waals surface area contributed by atoms with Crippen molar-refractivity contribution in [2.24, 2.45) is 7.05 Å². The molecule has 0 atom stereocenters. The third kappa shape index (κ3) is 4.10. The Morgan fingerprint density at radius 2 is 1.96 bits per heavy atom. The highest BCUT2D eigenvalue weighted by atomic mass is 16.1. The molecule has 2 heterocycles. The second-order valence-electron chi connectivity index (χ2n) is 5.80. The highest BCUT2D eigenvalue weighted by Gasteiger charge is 2.10. The van der Waals surface area contributed by atoms with Crippen LogP contribution in [0.25, 0.3) is 11.3 Å². The predicted octanol–water partition coefficient (Wildman–Crippen LogP) is 2.13. The fourth-order valence-electron chi connectivity index (χ4n) is 2.67. The molecular weight excluding hydrogens is 314 g/mol. The number of nitrogens with one attached hydrogen (secondary N) is 2. The lowest BCUT2D eigenvalue weighted by Gasteiger charge is -2.06. The van der Waals surface area contributed by atoms with Crippen LogP contribution in [0.4, 0.5) is 0 Å². The van der Waals surface area contributed by atoms with Crippen LogP contribution in [0.2, 0.25) is 0 Å². The van der Waals surface area contributed by atoms with Crippen molar-refractivity contribution in [3.05, 3.63) is 71.7 Å². The number of rotatable bonds is 6. The Morgan fingerprint density at radius 1 is 1.16 bits per heavy atom. The molecule has 0 aliphatic carbocycles. The van der Waals surface area contributed by atoms with Crippen LogP contribution < -0.4 is 10.6 Å². The second kappa shape index (κ2) is 7.72. The van der Waals surface area contributed by atoms with E-state index in [9.17, 15) is 4.79 Å². The highest BCUT2D eigenvalue weighted by Crippen LogP contribution is 2.20. The monoisotopic (exact) mass is 335 g/mol. The maximum absolute atomic E-state index is 11.6. The summed E-state index contributed by atoms with van der Waals surface area (Å²) in [7, 11) is 3.55. The van der Waals surface area contributed by atoms with E-state index in [0.717, 1.165) is 28.9 Å². The normalized spacial score (nSPS) is 10.6. The lowest BCUT2D eigenvalue weighted by molar-refractivity contribution is 0.0963. The number of carbonyl (C=O) groups excluding carboxylic acids is 1. The van der Waals surface area contributed by atoms with Gasteiger partial charge in [0.15, 0.2) is 0 Å². The third-order valence-corrected chi connectivity index (χ3v) is 3.93. The molecule has 0 fully saturated rings. The average Bonchev–Trinajstić information content (AvgIpc) is 3.03. The van der Waals surface area contributed by atoms with Crippen molar-refractivity contribution in [1.29, 1.82) is 0 Å². The number of hydrogen-bond donors (Lipinski definition) is 2. The maximum atomic E-state index is 11.6. The molecule has 1 amide bonds. The molecular formula is C19H21N5O. The molecule has 3 rings (SSSR count). The van der Waals surface area contributed by atoms with E-state index in [1.807, 2.05) is 60.5 Å². The van der Waals surface area contributed by atoms with Gasteiger partial charge in [0.05, 0.1) is 5.69 Å². The summed E-state index contributed by atoms with van der Waals surface area (Å²) in [5, 5.41) is 10.6. The van der Waals surface area contributed by atoms with Crippen molar-refractivity contribution in [2.75, 3.05) is 7.05 Å². The topological polar surface area (TPSA) is 71.8 Å². The SMILES string of the molecule is CNC(=O)c1ccc(CNCc2cn(C)nc2-c2cccnc2)cc1. The molecule has 0 spiro atoms. The summed E-state index contributed by atoms with van der Waals surface area (Å²) < 4.78 is 1.82. The van der Waals surface area contributed by atoms with E-state index in [1.165, 1.54) is 0 Å². The molecule has 0 aliphatic rings. The van der Waals surface area contributed by atoms with Crippen molar-refractivity contribution in [2.45, 2.75) is 13.1 Å². The number of aromatic nitrogens is 3. The summed E-state index contributed by atoms with van der Waals surface area (Å²) in [4.78, 5) is 15.7. The van der Waals surface area contributed by atoms with Gasteiger partial charge in [-0.05, 0) is 29.8 Å². The summed E-state index contributed by atoms with van der Waals surface area (Å²) in [5.74, 6) is -0.0732. The van der Waals surface area contributed by atoms with E-state index >= 15 is 0 Å². The van der Waals surface area contributed by atoms with Gasteiger partial charge in [-0.25, -0.2) is 0 Å². The standard InChI is InChI=1S/C19H21N5O/c1-20-19(25)15-7-5-14(6-8-15)10-22-12-17-13-24(2)23-18(17)16-4-3-9-21-11-16/h3-9,11,13,22H,10,12H2,1-2H3,(H,20,25). The molecule has 25 heavy (non-hydrogen) atoms. The number of pyridine rings is 1. The molecule has 0 bridgehead atoms. The highest BCUT2D eigenvalue weighted by molar-refractivity contribution is 5.93. The van der Waals surface area contributed by atoms with Gasteiger partial charge in [0.1, 0.15) is 0 Å². The summed E-state index contributed by atoms with van der Waals surface area (Å²) >= 11 is 0. The van der Waals surface area contributed by atoms with E-state index in [-0.39, 0.29) is 5.91 Å². The molecule has 2 N–H and O–H groups in total. The number of aryl methyl sites for hydroxylation is 1. The third-order valence-electron chi connectivity index (χ3n) is 3.93. The van der Waals surface area contributed by atoms with Gasteiger partial charge in [0, 0.05) is 62.5 Å².